The molecule has 0 aliphatic carbocycles. The van der Waals surface area contributed by atoms with E-state index in [4.69, 9.17) is 0 Å². The van der Waals surface area contributed by atoms with Crippen LogP contribution in [0.15, 0.2) is 18.6 Å². The number of rotatable bonds is 7. The smallest absolute Gasteiger partial charge is 0.106 e. The van der Waals surface area contributed by atoms with Gasteiger partial charge in [0.25, 0.3) is 0 Å². The van der Waals surface area contributed by atoms with Crippen molar-refractivity contribution in [1.82, 2.24) is 25.1 Å². The highest BCUT2D eigenvalue weighted by Gasteiger charge is 2.04. The van der Waals surface area contributed by atoms with Gasteiger partial charge in [0, 0.05) is 44.2 Å². The van der Waals surface area contributed by atoms with Crippen LogP contribution >= 0.6 is 0 Å². The van der Waals surface area contributed by atoms with E-state index in [9.17, 15) is 0 Å². The molecule has 0 bridgehead atoms. The zero-order chi connectivity index (χ0) is 12.8. The Morgan fingerprint density at radius 3 is 3.06 bits per heavy atom. The molecule has 0 amide bonds. The number of aryl methyl sites for hydroxylation is 3. The van der Waals surface area contributed by atoms with Crippen molar-refractivity contribution in [1.29, 1.82) is 0 Å². The summed E-state index contributed by atoms with van der Waals surface area (Å²) in [6.07, 6.45) is 8.84. The Morgan fingerprint density at radius 2 is 2.33 bits per heavy atom. The Bertz CT molecular complexity index is 458. The zero-order valence-electron chi connectivity index (χ0n) is 11.1. The van der Waals surface area contributed by atoms with Crippen LogP contribution in [0.5, 0.6) is 0 Å². The fraction of sp³-hybridized carbons (Fsp3) is 0.538. The standard InChI is InChI=1S/C13H21N5/c1-3-12-11(10-18(2)17-12)9-14-6-4-5-13-15-7-8-16-13/h7-8,10,14H,3-6,9H2,1-2H3,(H,15,16). The van der Waals surface area contributed by atoms with Gasteiger partial charge in [0.15, 0.2) is 0 Å². The quantitative estimate of drug-likeness (QED) is 0.728. The lowest BCUT2D eigenvalue weighted by atomic mass is 10.2. The third-order valence-corrected chi connectivity index (χ3v) is 2.96. The third-order valence-electron chi connectivity index (χ3n) is 2.96. The van der Waals surface area contributed by atoms with E-state index in [1.165, 1.54) is 11.3 Å². The lowest BCUT2D eigenvalue weighted by Crippen LogP contribution is -2.16. The van der Waals surface area contributed by atoms with E-state index in [0.717, 1.165) is 38.2 Å². The molecular formula is C13H21N5. The van der Waals surface area contributed by atoms with Gasteiger partial charge in [-0.2, -0.15) is 5.10 Å². The molecule has 0 unspecified atom stereocenters. The van der Waals surface area contributed by atoms with E-state index < -0.39 is 0 Å². The molecule has 18 heavy (non-hydrogen) atoms. The zero-order valence-corrected chi connectivity index (χ0v) is 11.1. The van der Waals surface area contributed by atoms with E-state index in [1.807, 2.05) is 17.9 Å². The lowest BCUT2D eigenvalue weighted by molar-refractivity contribution is 0.638. The summed E-state index contributed by atoms with van der Waals surface area (Å²) in [5, 5.41) is 7.89. The fourth-order valence-corrected chi connectivity index (χ4v) is 2.07. The van der Waals surface area contributed by atoms with E-state index in [-0.39, 0.29) is 0 Å². The molecule has 2 aromatic rings. The van der Waals surface area contributed by atoms with E-state index in [1.54, 1.807) is 6.20 Å². The number of aromatic nitrogens is 4. The lowest BCUT2D eigenvalue weighted by Gasteiger charge is -2.03. The van der Waals surface area contributed by atoms with Crippen molar-refractivity contribution in [2.24, 2.45) is 7.05 Å². The number of hydrogen-bond donors (Lipinski definition) is 2. The molecule has 0 spiro atoms. The maximum absolute atomic E-state index is 4.43. The summed E-state index contributed by atoms with van der Waals surface area (Å²) < 4.78 is 1.89. The van der Waals surface area contributed by atoms with Gasteiger partial charge in [-0.25, -0.2) is 4.98 Å². The molecule has 98 valence electrons. The van der Waals surface area contributed by atoms with Crippen molar-refractivity contribution in [3.63, 3.8) is 0 Å². The highest BCUT2D eigenvalue weighted by atomic mass is 15.3. The molecule has 0 aliphatic heterocycles. The highest BCUT2D eigenvalue weighted by molar-refractivity contribution is 5.16. The number of imidazole rings is 1. The molecule has 0 aliphatic rings. The van der Waals surface area contributed by atoms with E-state index >= 15 is 0 Å². The average Bonchev–Trinajstić information content (AvgIpc) is 2.98. The van der Waals surface area contributed by atoms with E-state index in [2.05, 4.69) is 33.5 Å². The van der Waals surface area contributed by atoms with Crippen LogP contribution in [-0.2, 0) is 26.4 Å². The largest absolute Gasteiger partial charge is 0.349 e. The SMILES string of the molecule is CCc1nn(C)cc1CNCCCc1ncc[nH]1. The van der Waals surface area contributed by atoms with Gasteiger partial charge in [0.05, 0.1) is 5.69 Å². The van der Waals surface area contributed by atoms with Crippen molar-refractivity contribution in [3.05, 3.63) is 35.7 Å². The summed E-state index contributed by atoms with van der Waals surface area (Å²) in [6.45, 7) is 4.04. The summed E-state index contributed by atoms with van der Waals surface area (Å²) in [6, 6.07) is 0. The molecule has 0 atom stereocenters. The molecule has 5 nitrogen and oxygen atoms in total. The number of hydrogen-bond acceptors (Lipinski definition) is 3. The summed E-state index contributed by atoms with van der Waals surface area (Å²) >= 11 is 0. The Morgan fingerprint density at radius 1 is 1.44 bits per heavy atom. The minimum atomic E-state index is 0.898. The average molecular weight is 247 g/mol. The summed E-state index contributed by atoms with van der Waals surface area (Å²) in [7, 11) is 1.97. The van der Waals surface area contributed by atoms with Gasteiger partial charge in [0.2, 0.25) is 0 Å². The topological polar surface area (TPSA) is 58.5 Å². The number of H-pyrrole nitrogens is 1. The van der Waals surface area contributed by atoms with Crippen molar-refractivity contribution >= 4 is 0 Å². The highest BCUT2D eigenvalue weighted by Crippen LogP contribution is 2.06. The summed E-state index contributed by atoms with van der Waals surface area (Å²) in [5.41, 5.74) is 2.49. The van der Waals surface area contributed by atoms with Crippen LogP contribution < -0.4 is 5.32 Å². The molecule has 0 fully saturated rings. The molecule has 2 aromatic heterocycles. The molecule has 0 radical (unpaired) electrons. The van der Waals surface area contributed by atoms with Crippen LogP contribution in [0, 0.1) is 0 Å². The second kappa shape index (κ2) is 6.35. The second-order valence-corrected chi connectivity index (χ2v) is 4.44. The Hall–Kier alpha value is -1.62. The number of aromatic amines is 1. The van der Waals surface area contributed by atoms with Crippen LogP contribution in [0.4, 0.5) is 0 Å². The Kier molecular flexibility index (Phi) is 4.52. The van der Waals surface area contributed by atoms with Gasteiger partial charge in [0.1, 0.15) is 5.82 Å². The minimum Gasteiger partial charge on any atom is -0.349 e. The van der Waals surface area contributed by atoms with Gasteiger partial charge in [-0.3, -0.25) is 4.68 Å². The monoisotopic (exact) mass is 247 g/mol. The molecule has 2 N–H and O–H groups in total. The summed E-state index contributed by atoms with van der Waals surface area (Å²) in [4.78, 5) is 7.32. The summed E-state index contributed by atoms with van der Waals surface area (Å²) in [5.74, 6) is 1.06. The molecule has 2 heterocycles. The van der Waals surface area contributed by atoms with Gasteiger partial charge >= 0.3 is 0 Å². The first kappa shape index (κ1) is 12.8. The van der Waals surface area contributed by atoms with Gasteiger partial charge in [-0.15, -0.1) is 0 Å². The molecule has 0 saturated heterocycles. The first-order valence-electron chi connectivity index (χ1n) is 6.50. The first-order chi connectivity index (χ1) is 8.79. The van der Waals surface area contributed by atoms with Gasteiger partial charge in [-0.1, -0.05) is 6.92 Å². The van der Waals surface area contributed by atoms with Crippen LogP contribution in [0.2, 0.25) is 0 Å². The van der Waals surface area contributed by atoms with Gasteiger partial charge < -0.3 is 10.3 Å². The first-order valence-corrected chi connectivity index (χ1v) is 6.50. The van der Waals surface area contributed by atoms with Crippen molar-refractivity contribution in [2.75, 3.05) is 6.54 Å². The third kappa shape index (κ3) is 3.43. The van der Waals surface area contributed by atoms with Crippen LogP contribution in [0.1, 0.15) is 30.4 Å². The Labute approximate surface area is 108 Å². The predicted octanol–water partition coefficient (Wildman–Crippen LogP) is 1.43. The van der Waals surface area contributed by atoms with E-state index in [0.29, 0.717) is 0 Å². The fourth-order valence-electron chi connectivity index (χ4n) is 2.07. The van der Waals surface area contributed by atoms with Crippen LogP contribution in [-0.4, -0.2) is 26.3 Å². The molecular weight excluding hydrogens is 226 g/mol. The Balaban J connectivity index is 1.68. The minimum absolute atomic E-state index is 0.898. The van der Waals surface area contributed by atoms with Crippen LogP contribution in [0.25, 0.3) is 0 Å². The maximum Gasteiger partial charge on any atom is 0.106 e. The second-order valence-electron chi connectivity index (χ2n) is 4.44. The van der Waals surface area contributed by atoms with Crippen LogP contribution in [0.3, 0.4) is 0 Å². The van der Waals surface area contributed by atoms with Crippen molar-refractivity contribution in [3.8, 4) is 0 Å². The molecule has 5 heteroatoms. The normalized spacial score (nSPS) is 11.0. The molecule has 2 rings (SSSR count). The van der Waals surface area contributed by atoms with Gasteiger partial charge in [-0.05, 0) is 19.4 Å². The maximum atomic E-state index is 4.43. The molecule has 0 saturated carbocycles. The van der Waals surface area contributed by atoms with Crippen molar-refractivity contribution in [2.45, 2.75) is 32.7 Å². The number of nitrogens with zero attached hydrogens (tertiary/aromatic N) is 3. The molecule has 0 aromatic carbocycles. The number of nitrogens with one attached hydrogen (secondary N) is 2. The van der Waals surface area contributed by atoms with Crippen molar-refractivity contribution < 1.29 is 0 Å². The predicted molar refractivity (Wildman–Crippen MR) is 71.2 cm³/mol.